The molecule has 1 aliphatic carbocycles. The van der Waals surface area contributed by atoms with Crippen molar-refractivity contribution in [2.24, 2.45) is 5.73 Å². The fraction of sp³-hybridized carbons (Fsp3) is 0.583. The highest BCUT2D eigenvalue weighted by Gasteiger charge is 2.38. The predicted molar refractivity (Wildman–Crippen MR) is 61.6 cm³/mol. The lowest BCUT2D eigenvalue weighted by Gasteiger charge is -2.20. The van der Waals surface area contributed by atoms with Gasteiger partial charge >= 0.3 is 0 Å². The van der Waals surface area contributed by atoms with Crippen molar-refractivity contribution >= 4 is 0 Å². The molecule has 1 fully saturated rings. The van der Waals surface area contributed by atoms with Crippen molar-refractivity contribution in [3.8, 4) is 0 Å². The molecule has 0 unspecified atom stereocenters. The van der Waals surface area contributed by atoms with Crippen LogP contribution in [0, 0.1) is 0 Å². The summed E-state index contributed by atoms with van der Waals surface area (Å²) in [5, 5.41) is 0. The second-order valence-electron chi connectivity index (χ2n) is 4.71. The van der Waals surface area contributed by atoms with Gasteiger partial charge in [0.1, 0.15) is 0 Å². The van der Waals surface area contributed by atoms with Crippen LogP contribution in [-0.4, -0.2) is 35.6 Å². The van der Waals surface area contributed by atoms with Crippen LogP contribution in [-0.2, 0) is 6.42 Å². The van der Waals surface area contributed by atoms with Gasteiger partial charge in [0.2, 0.25) is 0 Å². The predicted octanol–water partition coefficient (Wildman–Crippen LogP) is 1.05. The first kappa shape index (κ1) is 10.6. The molecule has 0 aliphatic heterocycles. The minimum atomic E-state index is 0.129. The molecule has 0 atom stereocenters. The lowest BCUT2D eigenvalue weighted by molar-refractivity contribution is 0.306. The van der Waals surface area contributed by atoms with E-state index in [4.69, 9.17) is 5.73 Å². The van der Waals surface area contributed by atoms with E-state index in [1.54, 1.807) is 0 Å². The van der Waals surface area contributed by atoms with Crippen LogP contribution in [0.5, 0.6) is 0 Å². The molecule has 0 bridgehead atoms. The van der Waals surface area contributed by atoms with Crippen molar-refractivity contribution in [1.82, 2.24) is 9.88 Å². The molecule has 0 radical (unpaired) electrons. The van der Waals surface area contributed by atoms with Gasteiger partial charge in [0.25, 0.3) is 0 Å². The number of pyridine rings is 1. The van der Waals surface area contributed by atoms with Gasteiger partial charge in [-0.1, -0.05) is 6.07 Å². The van der Waals surface area contributed by atoms with Gasteiger partial charge in [-0.25, -0.2) is 0 Å². The highest BCUT2D eigenvalue weighted by Crippen LogP contribution is 2.32. The first-order valence-corrected chi connectivity index (χ1v) is 5.54. The second kappa shape index (κ2) is 4.29. The quantitative estimate of drug-likeness (QED) is 0.781. The Bertz CT molecular complexity index is 306. The molecular formula is C12H19N3. The zero-order chi connectivity index (χ0) is 10.7. The molecule has 0 spiro atoms. The zero-order valence-corrected chi connectivity index (χ0v) is 9.32. The molecular weight excluding hydrogens is 186 g/mol. The Morgan fingerprint density at radius 1 is 1.53 bits per heavy atom. The molecule has 0 saturated heterocycles. The molecule has 1 aromatic rings. The number of nitrogens with zero attached hydrogens (tertiary/aromatic N) is 2. The highest BCUT2D eigenvalue weighted by atomic mass is 15.1. The van der Waals surface area contributed by atoms with E-state index in [1.165, 1.54) is 18.4 Å². The van der Waals surface area contributed by atoms with Crippen LogP contribution in [0.3, 0.4) is 0 Å². The van der Waals surface area contributed by atoms with E-state index < -0.39 is 0 Å². The summed E-state index contributed by atoms with van der Waals surface area (Å²) in [6, 6.07) is 4.11. The molecule has 15 heavy (non-hydrogen) atoms. The van der Waals surface area contributed by atoms with Crippen LogP contribution < -0.4 is 5.73 Å². The molecule has 1 aliphatic rings. The zero-order valence-electron chi connectivity index (χ0n) is 9.32. The third kappa shape index (κ3) is 3.29. The molecule has 82 valence electrons. The largest absolute Gasteiger partial charge is 0.324 e. The average molecular weight is 205 g/mol. The number of likely N-dealkylation sites (N-methyl/N-ethyl adjacent to an activating group) is 1. The molecule has 2 rings (SSSR count). The Hall–Kier alpha value is -0.930. The summed E-state index contributed by atoms with van der Waals surface area (Å²) < 4.78 is 0. The van der Waals surface area contributed by atoms with Crippen molar-refractivity contribution in [3.63, 3.8) is 0 Å². The normalized spacial score (nSPS) is 18.1. The molecule has 1 heterocycles. The first-order valence-electron chi connectivity index (χ1n) is 5.54. The fourth-order valence-corrected chi connectivity index (χ4v) is 1.80. The summed E-state index contributed by atoms with van der Waals surface area (Å²) in [6.07, 6.45) is 7.17. The van der Waals surface area contributed by atoms with Gasteiger partial charge < -0.3 is 10.6 Å². The van der Waals surface area contributed by atoms with Crippen LogP contribution >= 0.6 is 0 Å². The van der Waals surface area contributed by atoms with E-state index in [0.717, 1.165) is 19.5 Å². The summed E-state index contributed by atoms with van der Waals surface area (Å²) in [4.78, 5) is 6.43. The summed E-state index contributed by atoms with van der Waals surface area (Å²) >= 11 is 0. The summed E-state index contributed by atoms with van der Waals surface area (Å²) in [7, 11) is 2.14. The third-order valence-electron chi connectivity index (χ3n) is 2.98. The Labute approximate surface area is 91.3 Å². The average Bonchev–Trinajstić information content (AvgIpc) is 2.95. The van der Waals surface area contributed by atoms with E-state index in [2.05, 4.69) is 23.0 Å². The van der Waals surface area contributed by atoms with Gasteiger partial charge in [-0.3, -0.25) is 4.98 Å². The Morgan fingerprint density at radius 2 is 2.33 bits per heavy atom. The monoisotopic (exact) mass is 205 g/mol. The first-order chi connectivity index (χ1) is 7.18. The lowest BCUT2D eigenvalue weighted by Crippen LogP contribution is -2.38. The number of hydrogen-bond acceptors (Lipinski definition) is 3. The topological polar surface area (TPSA) is 42.2 Å². The van der Waals surface area contributed by atoms with Crippen molar-refractivity contribution in [1.29, 1.82) is 0 Å². The summed E-state index contributed by atoms with van der Waals surface area (Å²) in [6.45, 7) is 2.08. The Morgan fingerprint density at radius 3 is 2.93 bits per heavy atom. The number of hydrogen-bond donors (Lipinski definition) is 1. The van der Waals surface area contributed by atoms with E-state index in [0.29, 0.717) is 0 Å². The SMILES string of the molecule is CN(CCc1cccnc1)CC1(N)CC1. The van der Waals surface area contributed by atoms with E-state index in [-0.39, 0.29) is 5.54 Å². The minimum absolute atomic E-state index is 0.129. The molecule has 2 N–H and O–H groups in total. The maximum Gasteiger partial charge on any atom is 0.0300 e. The van der Waals surface area contributed by atoms with E-state index in [1.807, 2.05) is 18.5 Å². The van der Waals surface area contributed by atoms with Gasteiger partial charge in [0.15, 0.2) is 0 Å². The van der Waals surface area contributed by atoms with Crippen molar-refractivity contribution in [2.45, 2.75) is 24.8 Å². The van der Waals surface area contributed by atoms with Crippen LogP contribution in [0.2, 0.25) is 0 Å². The van der Waals surface area contributed by atoms with E-state index >= 15 is 0 Å². The van der Waals surface area contributed by atoms with Gasteiger partial charge in [-0.15, -0.1) is 0 Å². The van der Waals surface area contributed by atoms with Crippen molar-refractivity contribution < 1.29 is 0 Å². The summed E-state index contributed by atoms with van der Waals surface area (Å²) in [5.74, 6) is 0. The minimum Gasteiger partial charge on any atom is -0.324 e. The maximum absolute atomic E-state index is 6.06. The third-order valence-corrected chi connectivity index (χ3v) is 2.98. The highest BCUT2D eigenvalue weighted by molar-refractivity contribution is 5.09. The Balaban J connectivity index is 1.73. The van der Waals surface area contributed by atoms with Crippen molar-refractivity contribution in [2.75, 3.05) is 20.1 Å². The molecule has 1 saturated carbocycles. The number of nitrogens with two attached hydrogens (primary N) is 1. The fourth-order valence-electron chi connectivity index (χ4n) is 1.80. The smallest absolute Gasteiger partial charge is 0.0300 e. The maximum atomic E-state index is 6.06. The van der Waals surface area contributed by atoms with Gasteiger partial charge in [-0.2, -0.15) is 0 Å². The van der Waals surface area contributed by atoms with E-state index in [9.17, 15) is 0 Å². The molecule has 0 aromatic carbocycles. The van der Waals surface area contributed by atoms with Crippen LogP contribution in [0.1, 0.15) is 18.4 Å². The molecule has 3 nitrogen and oxygen atoms in total. The summed E-state index contributed by atoms with van der Waals surface area (Å²) in [5.41, 5.74) is 7.49. The molecule has 3 heteroatoms. The van der Waals surface area contributed by atoms with Crippen LogP contribution in [0.15, 0.2) is 24.5 Å². The van der Waals surface area contributed by atoms with Gasteiger partial charge in [0, 0.05) is 31.0 Å². The van der Waals surface area contributed by atoms with Crippen molar-refractivity contribution in [3.05, 3.63) is 30.1 Å². The van der Waals surface area contributed by atoms with Crippen LogP contribution in [0.25, 0.3) is 0 Å². The number of aromatic nitrogens is 1. The molecule has 1 aromatic heterocycles. The van der Waals surface area contributed by atoms with Gasteiger partial charge in [0.05, 0.1) is 0 Å². The van der Waals surface area contributed by atoms with Crippen LogP contribution in [0.4, 0.5) is 0 Å². The standard InChI is InChI=1S/C12H19N3/c1-15(10-12(13)5-6-12)8-4-11-3-2-7-14-9-11/h2-3,7,9H,4-6,8,10,13H2,1H3. The lowest BCUT2D eigenvalue weighted by atomic mass is 10.2. The molecule has 0 amide bonds. The second-order valence-corrected chi connectivity index (χ2v) is 4.71. The Kier molecular flexibility index (Phi) is 3.03. The van der Waals surface area contributed by atoms with Gasteiger partial charge in [-0.05, 0) is 37.9 Å². The number of rotatable bonds is 5.